The summed E-state index contributed by atoms with van der Waals surface area (Å²) in [6, 6.07) is 1.67. The largest absolute Gasteiger partial charge is 0.387 e. The maximum absolute atomic E-state index is 11.5. The van der Waals surface area contributed by atoms with Crippen molar-refractivity contribution >= 4 is 17.5 Å². The highest BCUT2D eigenvalue weighted by atomic mass is 16.2. The third-order valence-corrected chi connectivity index (χ3v) is 1.76. The third kappa shape index (κ3) is 2.94. The molecule has 2 amide bonds. The number of amides is 2. The van der Waals surface area contributed by atoms with Gasteiger partial charge in [-0.2, -0.15) is 0 Å². The zero-order valence-corrected chi connectivity index (χ0v) is 8.28. The fourth-order valence-corrected chi connectivity index (χ4v) is 1.06. The summed E-state index contributed by atoms with van der Waals surface area (Å²) in [5.41, 5.74) is 5.93. The number of hydrogen-bond acceptors (Lipinski definition) is 4. The molecule has 0 aromatic carbocycles. The molecule has 4 N–H and O–H groups in total. The molecule has 1 rings (SSSR count). The molecule has 80 valence electrons. The molecule has 0 aliphatic heterocycles. The molecule has 0 radical (unpaired) electrons. The molecule has 1 aromatic heterocycles. The molecule has 6 nitrogen and oxygen atoms in total. The highest BCUT2D eigenvalue weighted by Gasteiger charge is 2.10. The fraction of sp³-hybridized carbons (Fsp3) is 0.222. The van der Waals surface area contributed by atoms with Crippen molar-refractivity contribution in [1.29, 1.82) is 0 Å². The topological polar surface area (TPSA) is 97.1 Å². The van der Waals surface area contributed by atoms with E-state index in [1.54, 1.807) is 19.3 Å². The zero-order valence-electron chi connectivity index (χ0n) is 8.28. The maximum atomic E-state index is 11.5. The zero-order chi connectivity index (χ0) is 11.3. The van der Waals surface area contributed by atoms with Crippen LogP contribution >= 0.6 is 0 Å². The average molecular weight is 208 g/mol. The van der Waals surface area contributed by atoms with Crippen LogP contribution in [0.5, 0.6) is 0 Å². The first kappa shape index (κ1) is 11.0. The van der Waals surface area contributed by atoms with Crippen LogP contribution in [0, 0.1) is 0 Å². The molecular weight excluding hydrogens is 196 g/mol. The van der Waals surface area contributed by atoms with Crippen molar-refractivity contribution in [2.45, 2.75) is 0 Å². The first-order valence-electron chi connectivity index (χ1n) is 4.33. The van der Waals surface area contributed by atoms with Crippen molar-refractivity contribution in [3.8, 4) is 0 Å². The van der Waals surface area contributed by atoms with E-state index < -0.39 is 5.91 Å². The fourth-order valence-electron chi connectivity index (χ4n) is 1.06. The van der Waals surface area contributed by atoms with Gasteiger partial charge in [0.25, 0.3) is 5.91 Å². The normalized spacial score (nSPS) is 9.40. The van der Waals surface area contributed by atoms with Crippen LogP contribution in [0.4, 0.5) is 5.69 Å². The molecule has 0 saturated carbocycles. The van der Waals surface area contributed by atoms with E-state index in [0.717, 1.165) is 0 Å². The van der Waals surface area contributed by atoms with Crippen LogP contribution in [0.3, 0.4) is 0 Å². The number of nitrogens with one attached hydrogen (secondary N) is 2. The van der Waals surface area contributed by atoms with Gasteiger partial charge in [-0.25, -0.2) is 0 Å². The summed E-state index contributed by atoms with van der Waals surface area (Å²) in [7, 11) is 1.69. The van der Waals surface area contributed by atoms with Crippen molar-refractivity contribution in [1.82, 2.24) is 10.3 Å². The number of primary amides is 1. The number of carbonyl (C=O) groups is 2. The van der Waals surface area contributed by atoms with Crippen LogP contribution in [0.15, 0.2) is 18.5 Å². The standard InChI is InChI=1S/C9H12N4O2/c1-11-7-2-3-12-4-6(7)9(15)13-5-8(10)14/h2-4H,5H2,1H3,(H2,10,14)(H,11,12)(H,13,15). The van der Waals surface area contributed by atoms with Gasteiger partial charge >= 0.3 is 0 Å². The summed E-state index contributed by atoms with van der Waals surface area (Å²) in [5.74, 6) is -0.968. The van der Waals surface area contributed by atoms with E-state index in [1.807, 2.05) is 0 Å². The number of rotatable bonds is 4. The van der Waals surface area contributed by atoms with Crippen LogP contribution in [0.2, 0.25) is 0 Å². The number of hydrogen-bond donors (Lipinski definition) is 3. The Kier molecular flexibility index (Phi) is 3.61. The molecule has 1 aromatic rings. The van der Waals surface area contributed by atoms with Gasteiger partial charge in [0.2, 0.25) is 5.91 Å². The molecule has 0 spiro atoms. The Morgan fingerprint density at radius 2 is 2.27 bits per heavy atom. The molecule has 0 atom stereocenters. The second-order valence-corrected chi connectivity index (χ2v) is 2.82. The minimum Gasteiger partial charge on any atom is -0.387 e. The summed E-state index contributed by atoms with van der Waals surface area (Å²) in [4.78, 5) is 25.8. The Morgan fingerprint density at radius 3 is 2.87 bits per heavy atom. The maximum Gasteiger partial charge on any atom is 0.255 e. The van der Waals surface area contributed by atoms with Crippen LogP contribution in [-0.4, -0.2) is 30.4 Å². The summed E-state index contributed by atoms with van der Waals surface area (Å²) in [6.45, 7) is -0.184. The minimum absolute atomic E-state index is 0.184. The van der Waals surface area contributed by atoms with E-state index >= 15 is 0 Å². The predicted molar refractivity (Wildman–Crippen MR) is 55.3 cm³/mol. The lowest BCUT2D eigenvalue weighted by atomic mass is 10.2. The predicted octanol–water partition coefficient (Wildman–Crippen LogP) is -0.662. The van der Waals surface area contributed by atoms with E-state index in [0.29, 0.717) is 11.3 Å². The van der Waals surface area contributed by atoms with Gasteiger partial charge in [-0.3, -0.25) is 14.6 Å². The van der Waals surface area contributed by atoms with Crippen LogP contribution in [0.25, 0.3) is 0 Å². The third-order valence-electron chi connectivity index (χ3n) is 1.76. The number of aromatic nitrogens is 1. The molecular formula is C9H12N4O2. The van der Waals surface area contributed by atoms with Crippen molar-refractivity contribution in [2.24, 2.45) is 5.73 Å². The van der Waals surface area contributed by atoms with Gasteiger partial charge in [-0.15, -0.1) is 0 Å². The molecule has 15 heavy (non-hydrogen) atoms. The lowest BCUT2D eigenvalue weighted by Crippen LogP contribution is -2.33. The molecule has 0 saturated heterocycles. The van der Waals surface area contributed by atoms with Gasteiger partial charge in [0, 0.05) is 25.1 Å². The van der Waals surface area contributed by atoms with E-state index in [1.165, 1.54) is 6.20 Å². The number of pyridine rings is 1. The van der Waals surface area contributed by atoms with Crippen molar-refractivity contribution in [3.63, 3.8) is 0 Å². The SMILES string of the molecule is CNc1ccncc1C(=O)NCC(N)=O. The van der Waals surface area contributed by atoms with Gasteiger partial charge in [0.15, 0.2) is 0 Å². The van der Waals surface area contributed by atoms with Crippen LogP contribution < -0.4 is 16.4 Å². The van der Waals surface area contributed by atoms with E-state index in [-0.39, 0.29) is 12.5 Å². The second-order valence-electron chi connectivity index (χ2n) is 2.82. The summed E-state index contributed by atoms with van der Waals surface area (Å²) >= 11 is 0. The van der Waals surface area contributed by atoms with Crippen molar-refractivity contribution < 1.29 is 9.59 Å². The number of carbonyl (C=O) groups excluding carboxylic acids is 2. The van der Waals surface area contributed by atoms with E-state index in [4.69, 9.17) is 5.73 Å². The Balaban J connectivity index is 2.77. The molecule has 0 aliphatic carbocycles. The van der Waals surface area contributed by atoms with Gasteiger partial charge in [-0.1, -0.05) is 0 Å². The van der Waals surface area contributed by atoms with Gasteiger partial charge in [0.05, 0.1) is 12.1 Å². The Bertz CT molecular complexity index is 378. The van der Waals surface area contributed by atoms with Gasteiger partial charge < -0.3 is 16.4 Å². The molecule has 0 aliphatic rings. The minimum atomic E-state index is -0.585. The van der Waals surface area contributed by atoms with E-state index in [2.05, 4.69) is 15.6 Å². The molecule has 0 unspecified atom stereocenters. The first-order valence-corrected chi connectivity index (χ1v) is 4.33. The first-order chi connectivity index (χ1) is 7.15. The van der Waals surface area contributed by atoms with Gasteiger partial charge in [0.1, 0.15) is 0 Å². The lowest BCUT2D eigenvalue weighted by molar-refractivity contribution is -0.117. The number of nitrogens with zero attached hydrogens (tertiary/aromatic N) is 1. The smallest absolute Gasteiger partial charge is 0.255 e. The monoisotopic (exact) mass is 208 g/mol. The Morgan fingerprint density at radius 1 is 1.53 bits per heavy atom. The quantitative estimate of drug-likeness (QED) is 0.611. The molecule has 0 bridgehead atoms. The Labute approximate surface area is 86.9 Å². The molecule has 6 heteroatoms. The number of anilines is 1. The van der Waals surface area contributed by atoms with Crippen molar-refractivity contribution in [2.75, 3.05) is 18.9 Å². The summed E-state index contributed by atoms with van der Waals surface area (Å²) in [6.07, 6.45) is 2.98. The van der Waals surface area contributed by atoms with Crippen molar-refractivity contribution in [3.05, 3.63) is 24.0 Å². The highest BCUT2D eigenvalue weighted by Crippen LogP contribution is 2.11. The molecule has 0 fully saturated rings. The van der Waals surface area contributed by atoms with Crippen LogP contribution in [-0.2, 0) is 4.79 Å². The average Bonchev–Trinajstić information content (AvgIpc) is 2.25. The van der Waals surface area contributed by atoms with Crippen LogP contribution in [0.1, 0.15) is 10.4 Å². The second kappa shape index (κ2) is 4.94. The van der Waals surface area contributed by atoms with E-state index in [9.17, 15) is 9.59 Å². The molecule has 1 heterocycles. The lowest BCUT2D eigenvalue weighted by Gasteiger charge is -2.07. The van der Waals surface area contributed by atoms with Gasteiger partial charge in [-0.05, 0) is 6.07 Å². The summed E-state index contributed by atoms with van der Waals surface area (Å²) < 4.78 is 0. The highest BCUT2D eigenvalue weighted by molar-refractivity contribution is 6.00. The summed E-state index contributed by atoms with van der Waals surface area (Å²) in [5, 5.41) is 5.23. The number of nitrogens with two attached hydrogens (primary N) is 1. The Hall–Kier alpha value is -2.11.